The summed E-state index contributed by atoms with van der Waals surface area (Å²) in [5.74, 6) is 0. The summed E-state index contributed by atoms with van der Waals surface area (Å²) in [7, 11) is 0. The van der Waals surface area contributed by atoms with Crippen LogP contribution in [-0.4, -0.2) is 26.0 Å². The van der Waals surface area contributed by atoms with Crippen molar-refractivity contribution < 1.29 is 5.11 Å². The maximum atomic E-state index is 9.07. The second-order valence-electron chi connectivity index (χ2n) is 2.84. The molecule has 1 heterocycles. The average Bonchev–Trinajstić information content (AvgIpc) is 2.35. The van der Waals surface area contributed by atoms with E-state index in [9.17, 15) is 0 Å². The third kappa shape index (κ3) is 2.31. The molecule has 2 unspecified atom stereocenters. The first-order valence-electron chi connectivity index (χ1n) is 3.72. The summed E-state index contributed by atoms with van der Waals surface area (Å²) in [4.78, 5) is 0. The molecule has 0 bridgehead atoms. The number of aliphatic hydroxyl groups excluding tert-OH is 1. The molecule has 1 aromatic heterocycles. The average molecular weight is 155 g/mol. The van der Waals surface area contributed by atoms with Crippen LogP contribution in [0, 0.1) is 0 Å². The van der Waals surface area contributed by atoms with Crippen molar-refractivity contribution in [3.8, 4) is 0 Å². The Kier molecular flexibility index (Phi) is 2.59. The predicted molar refractivity (Wildman–Crippen MR) is 41.0 cm³/mol. The molecule has 0 aliphatic carbocycles. The lowest BCUT2D eigenvalue weighted by atomic mass is 10.1. The fourth-order valence-electron chi connectivity index (χ4n) is 1.05. The monoisotopic (exact) mass is 155 g/mol. The molecule has 0 amide bonds. The van der Waals surface area contributed by atoms with Gasteiger partial charge in [0, 0.05) is 6.04 Å². The van der Waals surface area contributed by atoms with Gasteiger partial charge in [0.1, 0.15) is 12.7 Å². The molecule has 1 rings (SSSR count). The van der Waals surface area contributed by atoms with Gasteiger partial charge in [-0.15, -0.1) is 10.2 Å². The van der Waals surface area contributed by atoms with E-state index in [1.165, 1.54) is 0 Å². The summed E-state index contributed by atoms with van der Waals surface area (Å²) in [6, 6.07) is 0.269. The summed E-state index contributed by atoms with van der Waals surface area (Å²) in [6.45, 7) is 3.80. The Balaban J connectivity index is 2.49. The molecule has 2 atom stereocenters. The number of nitrogens with zero attached hydrogens (tertiary/aromatic N) is 3. The molecule has 0 radical (unpaired) electrons. The van der Waals surface area contributed by atoms with Crippen LogP contribution >= 0.6 is 0 Å². The van der Waals surface area contributed by atoms with Crippen LogP contribution in [-0.2, 0) is 0 Å². The molecular weight excluding hydrogens is 142 g/mol. The second kappa shape index (κ2) is 3.48. The van der Waals surface area contributed by atoms with Crippen LogP contribution in [0.15, 0.2) is 12.7 Å². The lowest BCUT2D eigenvalue weighted by Gasteiger charge is -2.13. The summed E-state index contributed by atoms with van der Waals surface area (Å²) in [5, 5.41) is 16.4. The van der Waals surface area contributed by atoms with Crippen LogP contribution in [0.25, 0.3) is 0 Å². The highest BCUT2D eigenvalue weighted by Gasteiger charge is 2.06. The highest BCUT2D eigenvalue weighted by atomic mass is 16.3. The Morgan fingerprint density at radius 1 is 1.36 bits per heavy atom. The van der Waals surface area contributed by atoms with Crippen molar-refractivity contribution in [3.63, 3.8) is 0 Å². The Labute approximate surface area is 65.9 Å². The van der Waals surface area contributed by atoms with Crippen molar-refractivity contribution in [1.29, 1.82) is 0 Å². The van der Waals surface area contributed by atoms with Gasteiger partial charge >= 0.3 is 0 Å². The van der Waals surface area contributed by atoms with Crippen LogP contribution in [0.3, 0.4) is 0 Å². The topological polar surface area (TPSA) is 50.9 Å². The van der Waals surface area contributed by atoms with Crippen LogP contribution < -0.4 is 0 Å². The van der Waals surface area contributed by atoms with E-state index in [2.05, 4.69) is 10.2 Å². The summed E-state index contributed by atoms with van der Waals surface area (Å²) < 4.78 is 1.88. The zero-order chi connectivity index (χ0) is 8.27. The van der Waals surface area contributed by atoms with E-state index in [-0.39, 0.29) is 12.1 Å². The first-order valence-corrected chi connectivity index (χ1v) is 3.72. The molecule has 4 nitrogen and oxygen atoms in total. The molecule has 0 aromatic carbocycles. The minimum atomic E-state index is -0.271. The van der Waals surface area contributed by atoms with Gasteiger partial charge in [0.25, 0.3) is 0 Å². The van der Waals surface area contributed by atoms with Gasteiger partial charge in [0.15, 0.2) is 0 Å². The van der Waals surface area contributed by atoms with Crippen molar-refractivity contribution in [2.24, 2.45) is 0 Å². The lowest BCUT2D eigenvalue weighted by molar-refractivity contribution is 0.165. The number of hydrogen-bond donors (Lipinski definition) is 1. The van der Waals surface area contributed by atoms with Crippen molar-refractivity contribution in [2.75, 3.05) is 0 Å². The first kappa shape index (κ1) is 8.20. The maximum Gasteiger partial charge on any atom is 0.119 e. The summed E-state index contributed by atoms with van der Waals surface area (Å²) in [5.41, 5.74) is 0. The molecule has 0 fully saturated rings. The molecule has 0 spiro atoms. The summed E-state index contributed by atoms with van der Waals surface area (Å²) >= 11 is 0. The zero-order valence-electron chi connectivity index (χ0n) is 6.81. The fraction of sp³-hybridized carbons (Fsp3) is 0.714. The largest absolute Gasteiger partial charge is 0.393 e. The summed E-state index contributed by atoms with van der Waals surface area (Å²) in [6.07, 6.45) is 3.78. The van der Waals surface area contributed by atoms with Gasteiger partial charge in [-0.3, -0.25) is 0 Å². The third-order valence-corrected chi connectivity index (χ3v) is 1.63. The molecule has 1 N–H and O–H groups in total. The normalized spacial score (nSPS) is 16.3. The molecular formula is C7H13N3O. The Morgan fingerprint density at radius 3 is 2.36 bits per heavy atom. The molecule has 0 saturated carbocycles. The molecule has 1 aromatic rings. The van der Waals surface area contributed by atoms with E-state index < -0.39 is 0 Å². The fourth-order valence-corrected chi connectivity index (χ4v) is 1.05. The number of aromatic nitrogens is 3. The van der Waals surface area contributed by atoms with E-state index in [1.54, 1.807) is 19.6 Å². The van der Waals surface area contributed by atoms with Gasteiger partial charge < -0.3 is 9.67 Å². The predicted octanol–water partition coefficient (Wildman–Crippen LogP) is 0.610. The minimum Gasteiger partial charge on any atom is -0.393 e. The van der Waals surface area contributed by atoms with Crippen LogP contribution in [0.5, 0.6) is 0 Å². The van der Waals surface area contributed by atoms with E-state index in [0.29, 0.717) is 0 Å². The smallest absolute Gasteiger partial charge is 0.119 e. The number of hydrogen-bond acceptors (Lipinski definition) is 3. The SMILES string of the molecule is CC(O)CC(C)n1cnnc1. The van der Waals surface area contributed by atoms with Crippen molar-refractivity contribution in [1.82, 2.24) is 14.8 Å². The van der Waals surface area contributed by atoms with Crippen molar-refractivity contribution in [3.05, 3.63) is 12.7 Å². The van der Waals surface area contributed by atoms with E-state index >= 15 is 0 Å². The van der Waals surface area contributed by atoms with Gasteiger partial charge in [-0.05, 0) is 20.3 Å². The first-order chi connectivity index (χ1) is 5.20. The molecule has 0 aliphatic rings. The van der Waals surface area contributed by atoms with E-state index in [1.807, 2.05) is 11.5 Å². The van der Waals surface area contributed by atoms with Crippen molar-refractivity contribution in [2.45, 2.75) is 32.4 Å². The number of rotatable bonds is 3. The highest BCUT2D eigenvalue weighted by molar-refractivity contribution is 4.70. The lowest BCUT2D eigenvalue weighted by Crippen LogP contribution is -2.10. The van der Waals surface area contributed by atoms with Gasteiger partial charge in [-0.1, -0.05) is 0 Å². The van der Waals surface area contributed by atoms with Crippen LogP contribution in [0.2, 0.25) is 0 Å². The number of aliphatic hydroxyl groups is 1. The molecule has 11 heavy (non-hydrogen) atoms. The Bertz CT molecular complexity index is 195. The van der Waals surface area contributed by atoms with Crippen LogP contribution in [0.4, 0.5) is 0 Å². The molecule has 62 valence electrons. The van der Waals surface area contributed by atoms with Gasteiger partial charge in [0.05, 0.1) is 6.10 Å². The second-order valence-corrected chi connectivity index (χ2v) is 2.84. The van der Waals surface area contributed by atoms with Crippen LogP contribution in [0.1, 0.15) is 26.3 Å². The Morgan fingerprint density at radius 2 is 1.91 bits per heavy atom. The molecule has 0 aliphatic heterocycles. The molecule has 4 heteroatoms. The third-order valence-electron chi connectivity index (χ3n) is 1.63. The van der Waals surface area contributed by atoms with E-state index in [0.717, 1.165) is 6.42 Å². The zero-order valence-corrected chi connectivity index (χ0v) is 6.81. The van der Waals surface area contributed by atoms with Crippen molar-refractivity contribution >= 4 is 0 Å². The Hall–Kier alpha value is -0.900. The quantitative estimate of drug-likeness (QED) is 0.695. The van der Waals surface area contributed by atoms with Gasteiger partial charge in [-0.2, -0.15) is 0 Å². The van der Waals surface area contributed by atoms with E-state index in [4.69, 9.17) is 5.11 Å². The highest BCUT2D eigenvalue weighted by Crippen LogP contribution is 2.10. The minimum absolute atomic E-state index is 0.269. The standard InChI is InChI=1S/C7H13N3O/c1-6(3-7(2)11)10-4-8-9-5-10/h4-7,11H,3H2,1-2H3. The maximum absolute atomic E-state index is 9.07. The molecule has 0 saturated heterocycles. The van der Waals surface area contributed by atoms with Gasteiger partial charge in [0.2, 0.25) is 0 Å². The van der Waals surface area contributed by atoms with Gasteiger partial charge in [-0.25, -0.2) is 0 Å².